The Hall–Kier alpha value is -4.36. The molecule has 0 N–H and O–H groups in total. The number of carbonyl (C=O) groups excluding carboxylic acids is 1. The highest BCUT2D eigenvalue weighted by molar-refractivity contribution is 8.18. The molecule has 3 aromatic carbocycles. The summed E-state index contributed by atoms with van der Waals surface area (Å²) < 4.78 is 11.4. The lowest BCUT2D eigenvalue weighted by Gasteiger charge is -2.12. The predicted molar refractivity (Wildman–Crippen MR) is 139 cm³/mol. The van der Waals surface area contributed by atoms with Crippen molar-refractivity contribution in [3.8, 4) is 11.5 Å². The number of amidine groups is 1. The molecule has 1 amide bonds. The number of para-hydroxylation sites is 1. The molecule has 0 atom stereocenters. The summed E-state index contributed by atoms with van der Waals surface area (Å²) in [6.45, 7) is 0.271. The Morgan fingerprint density at radius 2 is 1.60 bits per heavy atom. The van der Waals surface area contributed by atoms with E-state index in [0.717, 1.165) is 16.9 Å². The number of rotatable bonds is 7. The number of carbonyl (C=O) groups is 1. The summed E-state index contributed by atoms with van der Waals surface area (Å²) in [6, 6.07) is 30.5. The van der Waals surface area contributed by atoms with E-state index < -0.39 is 0 Å². The van der Waals surface area contributed by atoms with E-state index >= 15 is 0 Å². The lowest BCUT2D eigenvalue weighted by molar-refractivity contribution is -0.122. The number of benzene rings is 3. The Bertz CT molecular complexity index is 1380. The lowest BCUT2D eigenvalue weighted by Crippen LogP contribution is -2.28. The van der Waals surface area contributed by atoms with Crippen molar-refractivity contribution in [1.29, 1.82) is 0 Å². The van der Waals surface area contributed by atoms with Crippen molar-refractivity contribution in [1.82, 2.24) is 4.90 Å². The van der Waals surface area contributed by atoms with E-state index in [4.69, 9.17) is 9.15 Å². The minimum absolute atomic E-state index is 0.158. The van der Waals surface area contributed by atoms with E-state index in [2.05, 4.69) is 10.2 Å². The second kappa shape index (κ2) is 10.7. The van der Waals surface area contributed by atoms with Gasteiger partial charge in [-0.15, -0.1) is 5.10 Å². The molecule has 1 aromatic heterocycles. The number of nitrogens with zero attached hydrogens (tertiary/aromatic N) is 3. The van der Waals surface area contributed by atoms with E-state index in [0.29, 0.717) is 21.6 Å². The normalized spacial score (nSPS) is 16.0. The zero-order valence-electron chi connectivity index (χ0n) is 18.7. The summed E-state index contributed by atoms with van der Waals surface area (Å²) >= 11 is 1.28. The molecule has 0 unspecified atom stereocenters. The van der Waals surface area contributed by atoms with Gasteiger partial charge >= 0.3 is 0 Å². The summed E-state index contributed by atoms with van der Waals surface area (Å²) in [6.07, 6.45) is 5.08. The highest BCUT2D eigenvalue weighted by atomic mass is 32.2. The highest BCUT2D eigenvalue weighted by Gasteiger charge is 2.34. The Morgan fingerprint density at radius 3 is 2.37 bits per heavy atom. The predicted octanol–water partition coefficient (Wildman–Crippen LogP) is 6.58. The van der Waals surface area contributed by atoms with E-state index in [1.54, 1.807) is 23.4 Å². The molecule has 6 nitrogen and oxygen atoms in total. The summed E-state index contributed by atoms with van der Waals surface area (Å²) in [5.41, 5.74) is 1.77. The molecule has 0 aliphatic carbocycles. The Balaban J connectivity index is 1.40. The van der Waals surface area contributed by atoms with Gasteiger partial charge in [0.2, 0.25) is 0 Å². The van der Waals surface area contributed by atoms with Crippen LogP contribution in [0.1, 0.15) is 16.9 Å². The van der Waals surface area contributed by atoms with Gasteiger partial charge in [-0.05, 0) is 65.4 Å². The summed E-state index contributed by atoms with van der Waals surface area (Å²) in [5.74, 6) is 1.95. The summed E-state index contributed by atoms with van der Waals surface area (Å²) in [7, 11) is 0. The molecule has 5 rings (SSSR count). The number of furan rings is 1. The fraction of sp³-hybridized carbons (Fsp3) is 0.0357. The van der Waals surface area contributed by atoms with Crippen LogP contribution in [-0.4, -0.2) is 22.2 Å². The molecule has 4 aromatic rings. The van der Waals surface area contributed by atoms with Crippen molar-refractivity contribution in [2.45, 2.75) is 6.54 Å². The molecule has 0 bridgehead atoms. The first-order chi connectivity index (χ1) is 17.2. The number of hydrogen-bond acceptors (Lipinski definition) is 6. The van der Waals surface area contributed by atoms with Gasteiger partial charge in [-0.2, -0.15) is 5.10 Å². The summed E-state index contributed by atoms with van der Waals surface area (Å²) in [4.78, 5) is 15.4. The molecule has 7 heteroatoms. The van der Waals surface area contributed by atoms with Crippen LogP contribution in [0.15, 0.2) is 123 Å². The Morgan fingerprint density at radius 1 is 0.857 bits per heavy atom. The third kappa shape index (κ3) is 5.77. The van der Waals surface area contributed by atoms with Crippen molar-refractivity contribution in [3.63, 3.8) is 0 Å². The van der Waals surface area contributed by atoms with Crippen LogP contribution in [0.25, 0.3) is 6.08 Å². The molecule has 0 radical (unpaired) electrons. The van der Waals surface area contributed by atoms with Crippen LogP contribution >= 0.6 is 11.8 Å². The SMILES string of the molecule is O=C1/C(=C/c2cccc(Oc3ccccc3)c2)S/C(=N/N=C/c2ccccc2)N1Cc1ccco1. The fourth-order valence-electron chi connectivity index (χ4n) is 3.41. The second-order valence-corrected chi connectivity index (χ2v) is 8.62. The molecule has 172 valence electrons. The van der Waals surface area contributed by atoms with Gasteiger partial charge in [0, 0.05) is 0 Å². The number of amides is 1. The minimum Gasteiger partial charge on any atom is -0.467 e. The van der Waals surface area contributed by atoms with Gasteiger partial charge in [0.1, 0.15) is 17.3 Å². The molecule has 0 saturated carbocycles. The van der Waals surface area contributed by atoms with Gasteiger partial charge < -0.3 is 9.15 Å². The zero-order chi connectivity index (χ0) is 23.9. The van der Waals surface area contributed by atoms with Gasteiger partial charge in [-0.25, -0.2) is 0 Å². The molecular weight excluding hydrogens is 458 g/mol. The molecule has 35 heavy (non-hydrogen) atoms. The third-order valence-electron chi connectivity index (χ3n) is 5.07. The zero-order valence-corrected chi connectivity index (χ0v) is 19.5. The quantitative estimate of drug-likeness (QED) is 0.171. The molecule has 1 saturated heterocycles. The van der Waals surface area contributed by atoms with Crippen LogP contribution in [0.4, 0.5) is 0 Å². The molecule has 2 heterocycles. The number of thioether (sulfide) groups is 1. The van der Waals surface area contributed by atoms with E-state index in [9.17, 15) is 4.79 Å². The van der Waals surface area contributed by atoms with Crippen molar-refractivity contribution >= 4 is 35.1 Å². The first-order valence-electron chi connectivity index (χ1n) is 11.0. The van der Waals surface area contributed by atoms with Crippen molar-refractivity contribution in [2.24, 2.45) is 10.2 Å². The maximum atomic E-state index is 13.3. The third-order valence-corrected chi connectivity index (χ3v) is 6.06. The smallest absolute Gasteiger partial charge is 0.267 e. The van der Waals surface area contributed by atoms with Crippen molar-refractivity contribution in [3.05, 3.63) is 125 Å². The average Bonchev–Trinajstić information content (AvgIpc) is 3.50. The van der Waals surface area contributed by atoms with Crippen LogP contribution in [-0.2, 0) is 11.3 Å². The van der Waals surface area contributed by atoms with Crippen LogP contribution in [0.2, 0.25) is 0 Å². The summed E-state index contributed by atoms with van der Waals surface area (Å²) in [5, 5.41) is 9.04. The van der Waals surface area contributed by atoms with Crippen LogP contribution in [0.5, 0.6) is 11.5 Å². The van der Waals surface area contributed by atoms with Crippen molar-refractivity contribution in [2.75, 3.05) is 0 Å². The molecule has 1 aliphatic rings. The van der Waals surface area contributed by atoms with Crippen LogP contribution in [0.3, 0.4) is 0 Å². The Labute approximate surface area is 207 Å². The second-order valence-electron chi connectivity index (χ2n) is 7.61. The fourth-order valence-corrected chi connectivity index (χ4v) is 4.34. The van der Waals surface area contributed by atoms with Crippen molar-refractivity contribution < 1.29 is 13.9 Å². The standard InChI is InChI=1S/C28H21N3O3S/c32-27-26(18-22-11-7-14-24(17-22)34-23-12-5-2-6-13-23)35-28(31(27)20-25-15-8-16-33-25)30-29-19-21-9-3-1-4-10-21/h1-19H,20H2/b26-18-,29-19+,30-28+. The largest absolute Gasteiger partial charge is 0.467 e. The van der Waals surface area contributed by atoms with Gasteiger partial charge in [-0.1, -0.05) is 60.7 Å². The maximum absolute atomic E-state index is 13.3. The Kier molecular flexibility index (Phi) is 6.87. The molecular formula is C28H21N3O3S. The first kappa shape index (κ1) is 22.4. The average molecular weight is 480 g/mol. The highest BCUT2D eigenvalue weighted by Crippen LogP contribution is 2.34. The van der Waals surface area contributed by atoms with Gasteiger partial charge in [0.25, 0.3) is 5.91 Å². The van der Waals surface area contributed by atoms with E-state index in [1.807, 2.05) is 97.1 Å². The maximum Gasteiger partial charge on any atom is 0.267 e. The molecule has 1 aliphatic heterocycles. The monoisotopic (exact) mass is 479 g/mol. The van der Waals surface area contributed by atoms with E-state index in [-0.39, 0.29) is 12.5 Å². The van der Waals surface area contributed by atoms with Gasteiger partial charge in [0.15, 0.2) is 5.17 Å². The number of ether oxygens (including phenoxy) is 1. The topological polar surface area (TPSA) is 67.4 Å². The lowest BCUT2D eigenvalue weighted by atomic mass is 10.2. The van der Waals surface area contributed by atoms with Gasteiger partial charge in [-0.3, -0.25) is 9.69 Å². The minimum atomic E-state index is -0.158. The van der Waals surface area contributed by atoms with E-state index in [1.165, 1.54) is 11.8 Å². The van der Waals surface area contributed by atoms with Crippen LogP contribution in [0, 0.1) is 0 Å². The molecule has 1 fully saturated rings. The first-order valence-corrected chi connectivity index (χ1v) is 11.8. The van der Waals surface area contributed by atoms with Gasteiger partial charge in [0.05, 0.1) is 23.9 Å². The molecule has 0 spiro atoms. The number of hydrogen-bond donors (Lipinski definition) is 0. The van der Waals surface area contributed by atoms with Crippen LogP contribution < -0.4 is 4.74 Å².